The summed E-state index contributed by atoms with van der Waals surface area (Å²) in [5, 5.41) is 14.4. The molecule has 0 aromatic carbocycles. The molecule has 3 atom stereocenters. The first kappa shape index (κ1) is 16.0. The maximum atomic E-state index is 11.8. The topological polar surface area (TPSA) is 107 Å². The van der Waals surface area contributed by atoms with Crippen molar-refractivity contribution in [2.45, 2.75) is 45.7 Å². The number of rotatable bonds is 7. The number of hydrogen-bond acceptors (Lipinski definition) is 3. The molecule has 7 nitrogen and oxygen atoms in total. The van der Waals surface area contributed by atoms with Gasteiger partial charge in [-0.15, -0.1) is 0 Å². The number of urea groups is 1. The Balaban J connectivity index is 2.53. The molecule has 0 bridgehead atoms. The molecule has 0 aliphatic rings. The predicted molar refractivity (Wildman–Crippen MR) is 74.3 cm³/mol. The van der Waals surface area contributed by atoms with E-state index in [-0.39, 0.29) is 12.5 Å². The lowest BCUT2D eigenvalue weighted by Crippen LogP contribution is -2.50. The minimum atomic E-state index is -1.08. The molecule has 1 rings (SSSR count). The van der Waals surface area contributed by atoms with Gasteiger partial charge in [-0.3, -0.25) is 0 Å². The molecule has 2 amide bonds. The first-order valence-electron chi connectivity index (χ1n) is 6.71. The van der Waals surface area contributed by atoms with Crippen molar-refractivity contribution in [2.75, 3.05) is 0 Å². The molecule has 4 N–H and O–H groups in total. The van der Waals surface area contributed by atoms with E-state index in [1.54, 1.807) is 0 Å². The number of aromatic nitrogens is 2. The number of nitrogens with one attached hydrogen (secondary N) is 3. The Morgan fingerprint density at radius 1 is 1.40 bits per heavy atom. The average molecular weight is 282 g/mol. The standard InChI is InChI=1S/C13H22N4O3/c1-4-8(2)9(3)16-13(20)17-11(12(18)19)5-10-6-14-7-15-10/h6-9,11H,4-5H2,1-3H3,(H,14,15)(H,18,19)(H2,16,17,20)/t8?,9?,11-/m1/s1. The van der Waals surface area contributed by atoms with Gasteiger partial charge in [0.1, 0.15) is 6.04 Å². The molecule has 1 aromatic heterocycles. The Morgan fingerprint density at radius 3 is 2.60 bits per heavy atom. The van der Waals surface area contributed by atoms with Crippen LogP contribution in [0.2, 0.25) is 0 Å². The quantitative estimate of drug-likeness (QED) is 0.601. The molecule has 0 saturated heterocycles. The lowest BCUT2D eigenvalue weighted by atomic mass is 10.0. The van der Waals surface area contributed by atoms with Crippen LogP contribution in [0.1, 0.15) is 32.9 Å². The molecular formula is C13H22N4O3. The number of aliphatic carboxylic acids is 1. The fourth-order valence-electron chi connectivity index (χ4n) is 1.72. The first-order valence-corrected chi connectivity index (χ1v) is 6.71. The third-order valence-corrected chi connectivity index (χ3v) is 3.44. The number of hydrogen-bond donors (Lipinski definition) is 4. The Labute approximate surface area is 118 Å². The van der Waals surface area contributed by atoms with E-state index in [9.17, 15) is 9.59 Å². The van der Waals surface area contributed by atoms with Crippen LogP contribution in [0, 0.1) is 5.92 Å². The van der Waals surface area contributed by atoms with Crippen molar-refractivity contribution in [3.05, 3.63) is 18.2 Å². The summed E-state index contributed by atoms with van der Waals surface area (Å²) in [7, 11) is 0. The molecule has 0 spiro atoms. The van der Waals surface area contributed by atoms with Crippen LogP contribution in [0.4, 0.5) is 4.79 Å². The summed E-state index contributed by atoms with van der Waals surface area (Å²) in [5.41, 5.74) is 0.660. The Morgan fingerprint density at radius 2 is 2.10 bits per heavy atom. The van der Waals surface area contributed by atoms with Gasteiger partial charge in [0, 0.05) is 24.4 Å². The SMILES string of the molecule is CCC(C)C(C)NC(=O)N[C@H](Cc1cnc[nH]1)C(=O)O. The normalized spacial score (nSPS) is 15.2. The number of aromatic amines is 1. The minimum absolute atomic E-state index is 0.0124. The molecule has 20 heavy (non-hydrogen) atoms. The third-order valence-electron chi connectivity index (χ3n) is 3.44. The fourth-order valence-corrected chi connectivity index (χ4v) is 1.72. The van der Waals surface area contributed by atoms with E-state index in [0.29, 0.717) is 11.6 Å². The van der Waals surface area contributed by atoms with Gasteiger partial charge in [0.05, 0.1) is 6.33 Å². The molecule has 112 valence electrons. The smallest absolute Gasteiger partial charge is 0.326 e. The lowest BCUT2D eigenvalue weighted by Gasteiger charge is -2.21. The number of carboxylic acids is 1. The maximum absolute atomic E-state index is 11.8. The fraction of sp³-hybridized carbons (Fsp3) is 0.615. The van der Waals surface area contributed by atoms with Gasteiger partial charge in [-0.1, -0.05) is 20.3 Å². The van der Waals surface area contributed by atoms with E-state index >= 15 is 0 Å². The van der Waals surface area contributed by atoms with Gasteiger partial charge < -0.3 is 20.7 Å². The first-order chi connectivity index (χ1) is 9.43. The lowest BCUT2D eigenvalue weighted by molar-refractivity contribution is -0.139. The second kappa shape index (κ2) is 7.52. The van der Waals surface area contributed by atoms with E-state index in [0.717, 1.165) is 6.42 Å². The molecule has 2 unspecified atom stereocenters. The summed E-state index contributed by atoms with van der Waals surface area (Å²) in [4.78, 5) is 29.6. The highest BCUT2D eigenvalue weighted by Crippen LogP contribution is 2.06. The number of nitrogens with zero attached hydrogens (tertiary/aromatic N) is 1. The zero-order valence-electron chi connectivity index (χ0n) is 12.0. The Hall–Kier alpha value is -2.05. The van der Waals surface area contributed by atoms with Crippen LogP contribution in [-0.2, 0) is 11.2 Å². The van der Waals surface area contributed by atoms with Crippen LogP contribution < -0.4 is 10.6 Å². The molecular weight excluding hydrogens is 260 g/mol. The van der Waals surface area contributed by atoms with Crippen molar-refractivity contribution < 1.29 is 14.7 Å². The van der Waals surface area contributed by atoms with E-state index in [2.05, 4.69) is 20.6 Å². The highest BCUT2D eigenvalue weighted by molar-refractivity contribution is 5.82. The number of H-pyrrole nitrogens is 1. The number of carboxylic acid groups (broad SMARTS) is 1. The molecule has 1 heterocycles. The van der Waals surface area contributed by atoms with E-state index in [1.165, 1.54) is 12.5 Å². The zero-order valence-corrected chi connectivity index (χ0v) is 12.0. The summed E-state index contributed by atoms with van der Waals surface area (Å²) in [6.07, 6.45) is 4.12. The molecule has 0 aliphatic heterocycles. The summed E-state index contributed by atoms with van der Waals surface area (Å²) in [6, 6.07) is -1.47. The van der Waals surface area contributed by atoms with Crippen molar-refractivity contribution in [3.63, 3.8) is 0 Å². The number of carbonyl (C=O) groups excluding carboxylic acids is 1. The number of imidazole rings is 1. The van der Waals surface area contributed by atoms with Crippen molar-refractivity contribution in [3.8, 4) is 0 Å². The highest BCUT2D eigenvalue weighted by atomic mass is 16.4. The van der Waals surface area contributed by atoms with Gasteiger partial charge in [-0.25, -0.2) is 14.6 Å². The van der Waals surface area contributed by atoms with Gasteiger partial charge in [0.25, 0.3) is 0 Å². The molecule has 0 fully saturated rings. The van der Waals surface area contributed by atoms with E-state index in [4.69, 9.17) is 5.11 Å². The summed E-state index contributed by atoms with van der Waals surface area (Å²) in [5.74, 6) is -0.748. The summed E-state index contributed by atoms with van der Waals surface area (Å²) < 4.78 is 0. The van der Waals surface area contributed by atoms with Gasteiger partial charge in [0.15, 0.2) is 0 Å². The van der Waals surface area contributed by atoms with Gasteiger partial charge in [-0.05, 0) is 12.8 Å². The van der Waals surface area contributed by atoms with Crippen molar-refractivity contribution in [2.24, 2.45) is 5.92 Å². The van der Waals surface area contributed by atoms with Crippen LogP contribution in [0.3, 0.4) is 0 Å². The largest absolute Gasteiger partial charge is 0.480 e. The monoisotopic (exact) mass is 282 g/mol. The zero-order chi connectivity index (χ0) is 15.1. The molecule has 1 aromatic rings. The second-order valence-electron chi connectivity index (χ2n) is 4.96. The van der Waals surface area contributed by atoms with Crippen LogP contribution in [0.5, 0.6) is 0 Å². The van der Waals surface area contributed by atoms with Crippen molar-refractivity contribution in [1.82, 2.24) is 20.6 Å². The Bertz CT molecular complexity index is 433. The van der Waals surface area contributed by atoms with Crippen LogP contribution in [-0.4, -0.2) is 39.2 Å². The Kier molecular flexibility index (Phi) is 6.02. The average Bonchev–Trinajstić information content (AvgIpc) is 2.89. The third kappa shape index (κ3) is 4.91. The van der Waals surface area contributed by atoms with Crippen molar-refractivity contribution in [1.29, 1.82) is 0 Å². The van der Waals surface area contributed by atoms with Gasteiger partial charge in [-0.2, -0.15) is 0 Å². The van der Waals surface area contributed by atoms with E-state index in [1.807, 2.05) is 20.8 Å². The van der Waals surface area contributed by atoms with Gasteiger partial charge in [0.2, 0.25) is 0 Å². The maximum Gasteiger partial charge on any atom is 0.326 e. The van der Waals surface area contributed by atoms with Crippen LogP contribution >= 0.6 is 0 Å². The summed E-state index contributed by atoms with van der Waals surface area (Å²) in [6.45, 7) is 5.97. The van der Waals surface area contributed by atoms with Crippen LogP contribution in [0.25, 0.3) is 0 Å². The molecule has 0 aliphatic carbocycles. The highest BCUT2D eigenvalue weighted by Gasteiger charge is 2.22. The second-order valence-corrected chi connectivity index (χ2v) is 4.96. The number of amides is 2. The van der Waals surface area contributed by atoms with Crippen molar-refractivity contribution >= 4 is 12.0 Å². The van der Waals surface area contributed by atoms with Crippen LogP contribution in [0.15, 0.2) is 12.5 Å². The van der Waals surface area contributed by atoms with Gasteiger partial charge >= 0.3 is 12.0 Å². The molecule has 0 radical (unpaired) electrons. The molecule has 0 saturated carbocycles. The van der Waals surface area contributed by atoms with E-state index < -0.39 is 18.0 Å². The minimum Gasteiger partial charge on any atom is -0.480 e. The number of carbonyl (C=O) groups is 2. The molecule has 7 heteroatoms. The predicted octanol–water partition coefficient (Wildman–Crippen LogP) is 1.14. The summed E-state index contributed by atoms with van der Waals surface area (Å²) >= 11 is 0.